The normalized spacial score (nSPS) is 11.5. The first-order valence-corrected chi connectivity index (χ1v) is 20.8. The molecule has 0 amide bonds. The molecule has 0 saturated carbocycles. The molecule has 4 aromatic heterocycles. The van der Waals surface area contributed by atoms with Crippen molar-refractivity contribution in [1.29, 1.82) is 0 Å². The summed E-state index contributed by atoms with van der Waals surface area (Å²) in [5.74, 6) is 1.92. The molecule has 0 aliphatic heterocycles. The van der Waals surface area contributed by atoms with Crippen LogP contribution in [-0.2, 0) is 0 Å². The number of fused-ring (bicyclic) bond motifs is 7. The Balaban J connectivity index is 1.01. The van der Waals surface area contributed by atoms with Crippen molar-refractivity contribution >= 4 is 43.7 Å². The Morgan fingerprint density at radius 1 is 0.274 bits per heavy atom. The molecule has 0 saturated heterocycles. The molecule has 0 atom stereocenters. The van der Waals surface area contributed by atoms with Gasteiger partial charge in [0.2, 0.25) is 0 Å². The van der Waals surface area contributed by atoms with Crippen molar-refractivity contribution in [2.75, 3.05) is 0 Å². The summed E-state index contributed by atoms with van der Waals surface area (Å²) >= 11 is 0. The predicted molar refractivity (Wildman–Crippen MR) is 253 cm³/mol. The summed E-state index contributed by atoms with van der Waals surface area (Å²) in [5.41, 5.74) is 13.5. The quantitative estimate of drug-likeness (QED) is 0.161. The van der Waals surface area contributed by atoms with Crippen molar-refractivity contribution in [2.24, 2.45) is 0 Å². The molecular formula is C56H36N6. The van der Waals surface area contributed by atoms with Crippen LogP contribution in [0, 0.1) is 0 Å². The van der Waals surface area contributed by atoms with Gasteiger partial charge in [-0.05, 0) is 47.5 Å². The lowest BCUT2D eigenvalue weighted by Gasteiger charge is -2.12. The Labute approximate surface area is 357 Å². The fourth-order valence-electron chi connectivity index (χ4n) is 8.91. The average Bonchev–Trinajstić information content (AvgIpc) is 3.88. The van der Waals surface area contributed by atoms with Gasteiger partial charge >= 0.3 is 0 Å². The summed E-state index contributed by atoms with van der Waals surface area (Å²) in [6.45, 7) is 0. The van der Waals surface area contributed by atoms with Gasteiger partial charge in [0.15, 0.2) is 17.5 Å². The van der Waals surface area contributed by atoms with Crippen LogP contribution in [0.3, 0.4) is 0 Å². The maximum absolute atomic E-state index is 5.68. The molecule has 62 heavy (non-hydrogen) atoms. The van der Waals surface area contributed by atoms with E-state index in [0.717, 1.165) is 88.8 Å². The van der Waals surface area contributed by atoms with Crippen molar-refractivity contribution in [3.8, 4) is 67.9 Å². The van der Waals surface area contributed by atoms with Crippen molar-refractivity contribution in [3.05, 3.63) is 218 Å². The molecule has 0 aliphatic rings. The zero-order valence-corrected chi connectivity index (χ0v) is 33.5. The van der Waals surface area contributed by atoms with Crippen LogP contribution in [0.15, 0.2) is 218 Å². The van der Waals surface area contributed by atoms with Crippen LogP contribution < -0.4 is 0 Å². The maximum atomic E-state index is 5.68. The summed E-state index contributed by atoms with van der Waals surface area (Å²) in [4.78, 5) is 20.4. The number of rotatable bonds is 7. The van der Waals surface area contributed by atoms with E-state index < -0.39 is 0 Å². The molecule has 6 heteroatoms. The molecule has 0 radical (unpaired) electrons. The molecule has 0 N–H and O–H groups in total. The summed E-state index contributed by atoms with van der Waals surface area (Å²) in [5, 5.41) is 4.59. The molecule has 290 valence electrons. The molecule has 0 unspecified atom stereocenters. The average molecular weight is 793 g/mol. The second-order valence-corrected chi connectivity index (χ2v) is 15.5. The molecule has 0 fully saturated rings. The number of nitrogens with zero attached hydrogens (tertiary/aromatic N) is 6. The second-order valence-electron chi connectivity index (χ2n) is 15.5. The van der Waals surface area contributed by atoms with Gasteiger partial charge in [-0.1, -0.05) is 182 Å². The minimum absolute atomic E-state index is 0.632. The summed E-state index contributed by atoms with van der Waals surface area (Å²) in [6, 6.07) is 76.1. The maximum Gasteiger partial charge on any atom is 0.164 e. The van der Waals surface area contributed by atoms with Crippen LogP contribution in [0.1, 0.15) is 0 Å². The number of hydrogen-bond donors (Lipinski definition) is 0. The smallest absolute Gasteiger partial charge is 0.164 e. The highest BCUT2D eigenvalue weighted by molar-refractivity contribution is 6.28. The molecule has 4 heterocycles. The minimum atomic E-state index is 0.632. The Bertz CT molecular complexity index is 3520. The highest BCUT2D eigenvalue weighted by Crippen LogP contribution is 2.45. The zero-order valence-electron chi connectivity index (χ0n) is 33.5. The summed E-state index contributed by atoms with van der Waals surface area (Å²) < 4.78 is 4.74. The number of pyridine rings is 1. The highest BCUT2D eigenvalue weighted by Gasteiger charge is 2.25. The lowest BCUT2D eigenvalue weighted by molar-refractivity contribution is 1.07. The highest BCUT2D eigenvalue weighted by atomic mass is 15.1. The molecule has 0 bridgehead atoms. The Hall–Kier alpha value is -8.48. The SMILES string of the molecule is c1ccc(-c2nc(-c3ccccc3)nc(-c3ccc(-c4ccc(-c5nc6c(c7ccccc7n6-c6ccccc6)c6c5c5ccccc5n6-c5ccccc5)cc4)cc3)n2)cc1. The first-order valence-electron chi connectivity index (χ1n) is 20.8. The Morgan fingerprint density at radius 2 is 0.645 bits per heavy atom. The first-order chi connectivity index (χ1) is 30.8. The van der Waals surface area contributed by atoms with Gasteiger partial charge in [-0.15, -0.1) is 0 Å². The fourth-order valence-corrected chi connectivity index (χ4v) is 8.91. The standard InChI is InChI=1S/C56H36N6/c1-5-17-40(18-6-1)53-58-54(41-19-7-2-8-20-41)60-55(59-53)42-35-31-38(32-36-42)37-29-33-39(34-30-37)51-49-45-25-13-15-27-47(45)61(43-21-9-3-10-22-43)52(49)50-46-26-14-16-28-48(46)62(56(50)57-51)44-23-11-4-12-24-44/h1-36H. The van der Waals surface area contributed by atoms with Crippen molar-refractivity contribution in [2.45, 2.75) is 0 Å². The summed E-state index contributed by atoms with van der Waals surface area (Å²) in [6.07, 6.45) is 0. The lowest BCUT2D eigenvalue weighted by Crippen LogP contribution is -2.00. The van der Waals surface area contributed by atoms with Gasteiger partial charge in [0.25, 0.3) is 0 Å². The fraction of sp³-hybridized carbons (Fsp3) is 0. The number of hydrogen-bond acceptors (Lipinski definition) is 4. The van der Waals surface area contributed by atoms with E-state index >= 15 is 0 Å². The zero-order chi connectivity index (χ0) is 41.0. The Morgan fingerprint density at radius 3 is 1.16 bits per heavy atom. The van der Waals surface area contributed by atoms with Gasteiger partial charge in [0, 0.05) is 49.8 Å². The van der Waals surface area contributed by atoms with Gasteiger partial charge in [0.1, 0.15) is 5.65 Å². The van der Waals surface area contributed by atoms with Gasteiger partial charge in [-0.25, -0.2) is 19.9 Å². The predicted octanol–water partition coefficient (Wildman–Crippen LogP) is 13.8. The van der Waals surface area contributed by atoms with Crippen LogP contribution in [-0.4, -0.2) is 29.1 Å². The topological polar surface area (TPSA) is 61.4 Å². The van der Waals surface area contributed by atoms with E-state index in [2.05, 4.69) is 167 Å². The molecular weight excluding hydrogens is 757 g/mol. The minimum Gasteiger partial charge on any atom is -0.308 e. The molecule has 8 aromatic carbocycles. The third-order valence-electron chi connectivity index (χ3n) is 11.8. The van der Waals surface area contributed by atoms with Crippen LogP contribution in [0.25, 0.3) is 112 Å². The van der Waals surface area contributed by atoms with Crippen molar-refractivity contribution < 1.29 is 0 Å². The monoisotopic (exact) mass is 792 g/mol. The van der Waals surface area contributed by atoms with Gasteiger partial charge in [-0.2, -0.15) is 0 Å². The van der Waals surface area contributed by atoms with Gasteiger partial charge in [0.05, 0.1) is 27.6 Å². The van der Waals surface area contributed by atoms with Crippen LogP contribution >= 0.6 is 0 Å². The van der Waals surface area contributed by atoms with Crippen molar-refractivity contribution in [1.82, 2.24) is 29.1 Å². The molecule has 12 aromatic rings. The van der Waals surface area contributed by atoms with Crippen LogP contribution in [0.2, 0.25) is 0 Å². The van der Waals surface area contributed by atoms with Crippen LogP contribution in [0.4, 0.5) is 0 Å². The Kier molecular flexibility index (Phi) is 8.38. The van der Waals surface area contributed by atoms with Crippen molar-refractivity contribution in [3.63, 3.8) is 0 Å². The summed E-state index contributed by atoms with van der Waals surface area (Å²) in [7, 11) is 0. The van der Waals surface area contributed by atoms with E-state index in [0.29, 0.717) is 17.5 Å². The third-order valence-corrected chi connectivity index (χ3v) is 11.8. The largest absolute Gasteiger partial charge is 0.308 e. The molecule has 0 aliphatic carbocycles. The number of aromatic nitrogens is 6. The number of benzene rings is 8. The lowest BCUT2D eigenvalue weighted by atomic mass is 9.99. The van der Waals surface area contributed by atoms with Gasteiger partial charge < -0.3 is 4.57 Å². The first kappa shape index (κ1) is 35.5. The van der Waals surface area contributed by atoms with E-state index in [4.69, 9.17) is 19.9 Å². The van der Waals surface area contributed by atoms with E-state index in [9.17, 15) is 0 Å². The third kappa shape index (κ3) is 5.88. The molecule has 6 nitrogen and oxygen atoms in total. The second kappa shape index (κ2) is 14.7. The molecule has 0 spiro atoms. The van der Waals surface area contributed by atoms with Gasteiger partial charge in [-0.3, -0.25) is 4.57 Å². The van der Waals surface area contributed by atoms with E-state index in [-0.39, 0.29) is 0 Å². The number of para-hydroxylation sites is 4. The van der Waals surface area contributed by atoms with E-state index in [1.165, 1.54) is 5.39 Å². The van der Waals surface area contributed by atoms with E-state index in [1.54, 1.807) is 0 Å². The molecule has 12 rings (SSSR count). The van der Waals surface area contributed by atoms with Crippen LogP contribution in [0.5, 0.6) is 0 Å². The van der Waals surface area contributed by atoms with E-state index in [1.807, 2.05) is 60.7 Å².